The molecule has 0 bridgehead atoms. The van der Waals surface area contributed by atoms with E-state index in [1.165, 1.54) is 0 Å². The number of nitrogens with two attached hydrogens (primary N) is 1. The van der Waals surface area contributed by atoms with Gasteiger partial charge in [0.15, 0.2) is 0 Å². The molecule has 0 saturated carbocycles. The van der Waals surface area contributed by atoms with Crippen LogP contribution in [0.4, 0.5) is 11.6 Å². The number of aromatic nitrogens is 2. The Hall–Kier alpha value is -1.40. The Kier molecular flexibility index (Phi) is 4.15. The largest absolute Gasteiger partial charge is 0.373 e. The molecule has 1 aliphatic heterocycles. The average Bonchev–Trinajstić information content (AvgIpc) is 2.82. The number of ether oxygens (including phenoxy) is 1. The van der Waals surface area contributed by atoms with Crippen molar-refractivity contribution in [3.8, 4) is 0 Å². The average molecular weight is 279 g/mol. The SMILES string of the molecule is CC1(CNc2cc(NN)nc(C(C)(C)C)n2)CCCO1. The number of nitrogens with zero attached hydrogens (tertiary/aromatic N) is 2. The smallest absolute Gasteiger partial charge is 0.145 e. The molecule has 4 N–H and O–H groups in total. The second kappa shape index (κ2) is 5.54. The first-order chi connectivity index (χ1) is 9.32. The van der Waals surface area contributed by atoms with Crippen LogP contribution in [0.2, 0.25) is 0 Å². The standard InChI is InChI=1S/C14H25N5O/c1-13(2,3)12-17-10(8-11(18-12)19-15)16-9-14(4)6-5-7-20-14/h8H,5-7,9,15H2,1-4H3,(H2,16,17,18,19). The molecule has 6 nitrogen and oxygen atoms in total. The Labute approximate surface area is 120 Å². The van der Waals surface area contributed by atoms with Crippen molar-refractivity contribution < 1.29 is 4.74 Å². The van der Waals surface area contributed by atoms with E-state index < -0.39 is 0 Å². The molecule has 1 aromatic heterocycles. The van der Waals surface area contributed by atoms with Gasteiger partial charge in [0.25, 0.3) is 0 Å². The van der Waals surface area contributed by atoms with Gasteiger partial charge in [-0.25, -0.2) is 15.8 Å². The topological polar surface area (TPSA) is 85.1 Å². The lowest BCUT2D eigenvalue weighted by molar-refractivity contribution is 0.0314. The van der Waals surface area contributed by atoms with Crippen molar-refractivity contribution in [1.29, 1.82) is 0 Å². The molecular formula is C14H25N5O. The van der Waals surface area contributed by atoms with Gasteiger partial charge in [-0.15, -0.1) is 0 Å². The van der Waals surface area contributed by atoms with E-state index in [1.807, 2.05) is 6.07 Å². The molecule has 1 aromatic rings. The fraction of sp³-hybridized carbons (Fsp3) is 0.714. The maximum atomic E-state index is 5.77. The van der Waals surface area contributed by atoms with Gasteiger partial charge in [-0.2, -0.15) is 0 Å². The summed E-state index contributed by atoms with van der Waals surface area (Å²) in [5.41, 5.74) is 2.36. The molecular weight excluding hydrogens is 254 g/mol. The van der Waals surface area contributed by atoms with Crippen LogP contribution >= 0.6 is 0 Å². The third-order valence-corrected chi connectivity index (χ3v) is 3.49. The lowest BCUT2D eigenvalue weighted by atomic mass is 9.96. The molecule has 0 spiro atoms. The van der Waals surface area contributed by atoms with Gasteiger partial charge in [0.2, 0.25) is 0 Å². The van der Waals surface area contributed by atoms with Crippen LogP contribution in [0.25, 0.3) is 0 Å². The van der Waals surface area contributed by atoms with Crippen molar-refractivity contribution in [3.63, 3.8) is 0 Å². The van der Waals surface area contributed by atoms with Crippen molar-refractivity contribution in [3.05, 3.63) is 11.9 Å². The zero-order valence-corrected chi connectivity index (χ0v) is 12.8. The summed E-state index contributed by atoms with van der Waals surface area (Å²) in [5.74, 6) is 7.63. The van der Waals surface area contributed by atoms with Crippen molar-refractivity contribution in [2.45, 2.75) is 51.6 Å². The molecule has 0 aliphatic carbocycles. The van der Waals surface area contributed by atoms with E-state index in [-0.39, 0.29) is 11.0 Å². The van der Waals surface area contributed by atoms with Gasteiger partial charge >= 0.3 is 0 Å². The van der Waals surface area contributed by atoms with Crippen LogP contribution in [0.3, 0.4) is 0 Å². The van der Waals surface area contributed by atoms with E-state index in [0.29, 0.717) is 5.82 Å². The van der Waals surface area contributed by atoms with Crippen molar-refractivity contribution in [1.82, 2.24) is 9.97 Å². The number of hydrazine groups is 1. The zero-order chi connectivity index (χ0) is 14.8. The minimum Gasteiger partial charge on any atom is -0.373 e. The third-order valence-electron chi connectivity index (χ3n) is 3.49. The second-order valence-corrected chi connectivity index (χ2v) is 6.61. The fourth-order valence-electron chi connectivity index (χ4n) is 2.20. The summed E-state index contributed by atoms with van der Waals surface area (Å²) >= 11 is 0. The van der Waals surface area contributed by atoms with Crippen molar-refractivity contribution >= 4 is 11.6 Å². The third kappa shape index (κ3) is 3.58. The van der Waals surface area contributed by atoms with Gasteiger partial charge in [-0.1, -0.05) is 20.8 Å². The van der Waals surface area contributed by atoms with Crippen LogP contribution in [0.1, 0.15) is 46.4 Å². The van der Waals surface area contributed by atoms with E-state index in [1.54, 1.807) is 0 Å². The quantitative estimate of drug-likeness (QED) is 0.578. The van der Waals surface area contributed by atoms with Crippen LogP contribution in [0.15, 0.2) is 6.07 Å². The predicted octanol–water partition coefficient (Wildman–Crippen LogP) is 2.04. The molecule has 1 fully saturated rings. The number of hydrogen-bond donors (Lipinski definition) is 3. The molecule has 20 heavy (non-hydrogen) atoms. The van der Waals surface area contributed by atoms with Gasteiger partial charge in [0.1, 0.15) is 17.5 Å². The Morgan fingerprint density at radius 3 is 2.60 bits per heavy atom. The highest BCUT2D eigenvalue weighted by atomic mass is 16.5. The molecule has 112 valence electrons. The Morgan fingerprint density at radius 1 is 1.35 bits per heavy atom. The van der Waals surface area contributed by atoms with Crippen LogP contribution in [0, 0.1) is 0 Å². The molecule has 0 aromatic carbocycles. The molecule has 2 heterocycles. The summed E-state index contributed by atoms with van der Waals surface area (Å²) in [4.78, 5) is 8.97. The van der Waals surface area contributed by atoms with E-state index in [0.717, 1.165) is 37.6 Å². The van der Waals surface area contributed by atoms with Crippen LogP contribution in [-0.4, -0.2) is 28.7 Å². The molecule has 0 amide bonds. The van der Waals surface area contributed by atoms with E-state index in [9.17, 15) is 0 Å². The first kappa shape index (κ1) is 15.0. The number of rotatable bonds is 4. The highest BCUT2D eigenvalue weighted by molar-refractivity contribution is 5.47. The first-order valence-corrected chi connectivity index (χ1v) is 7.06. The second-order valence-electron chi connectivity index (χ2n) is 6.61. The Balaban J connectivity index is 2.14. The summed E-state index contributed by atoms with van der Waals surface area (Å²) in [7, 11) is 0. The van der Waals surface area contributed by atoms with Gasteiger partial charge in [0.05, 0.1) is 5.60 Å². The van der Waals surface area contributed by atoms with Crippen molar-refractivity contribution in [2.75, 3.05) is 23.9 Å². The minimum atomic E-state index is -0.128. The Bertz CT molecular complexity index is 463. The lowest BCUT2D eigenvalue weighted by Gasteiger charge is -2.24. The summed E-state index contributed by atoms with van der Waals surface area (Å²) < 4.78 is 5.77. The lowest BCUT2D eigenvalue weighted by Crippen LogP contribution is -2.33. The molecule has 6 heteroatoms. The highest BCUT2D eigenvalue weighted by Gasteiger charge is 2.29. The fourth-order valence-corrected chi connectivity index (χ4v) is 2.20. The number of anilines is 2. The zero-order valence-electron chi connectivity index (χ0n) is 12.8. The van der Waals surface area contributed by atoms with Gasteiger partial charge in [-0.05, 0) is 19.8 Å². The predicted molar refractivity (Wildman–Crippen MR) is 80.6 cm³/mol. The van der Waals surface area contributed by atoms with Gasteiger partial charge in [0, 0.05) is 24.6 Å². The maximum Gasteiger partial charge on any atom is 0.145 e. The summed E-state index contributed by atoms with van der Waals surface area (Å²) in [6.07, 6.45) is 2.18. The normalized spacial score (nSPS) is 22.9. The Morgan fingerprint density at radius 2 is 2.05 bits per heavy atom. The molecule has 1 atom stereocenters. The molecule has 1 saturated heterocycles. The van der Waals surface area contributed by atoms with E-state index >= 15 is 0 Å². The number of hydrogen-bond acceptors (Lipinski definition) is 6. The highest BCUT2D eigenvalue weighted by Crippen LogP contribution is 2.26. The molecule has 0 radical (unpaired) electrons. The maximum absolute atomic E-state index is 5.77. The van der Waals surface area contributed by atoms with Gasteiger partial charge in [-0.3, -0.25) is 0 Å². The number of nitrogens with one attached hydrogen (secondary N) is 2. The summed E-state index contributed by atoms with van der Waals surface area (Å²) in [5, 5.41) is 3.34. The van der Waals surface area contributed by atoms with Crippen molar-refractivity contribution in [2.24, 2.45) is 5.84 Å². The van der Waals surface area contributed by atoms with E-state index in [2.05, 4.69) is 48.4 Å². The van der Waals surface area contributed by atoms with Gasteiger partial charge < -0.3 is 15.5 Å². The van der Waals surface area contributed by atoms with Crippen LogP contribution in [0.5, 0.6) is 0 Å². The molecule has 1 unspecified atom stereocenters. The summed E-state index contributed by atoms with van der Waals surface area (Å²) in [6.45, 7) is 9.93. The van der Waals surface area contributed by atoms with E-state index in [4.69, 9.17) is 10.6 Å². The number of nitrogen functional groups attached to an aromatic ring is 1. The van der Waals surface area contributed by atoms with Crippen LogP contribution in [-0.2, 0) is 10.2 Å². The molecule has 1 aliphatic rings. The molecule has 2 rings (SSSR count). The minimum absolute atomic E-state index is 0.108. The summed E-state index contributed by atoms with van der Waals surface area (Å²) in [6, 6.07) is 1.81. The first-order valence-electron chi connectivity index (χ1n) is 7.06. The van der Waals surface area contributed by atoms with Crippen LogP contribution < -0.4 is 16.6 Å². The monoisotopic (exact) mass is 279 g/mol.